The van der Waals surface area contributed by atoms with E-state index in [0.29, 0.717) is 6.67 Å². The Balaban J connectivity index is 1.73. The van der Waals surface area contributed by atoms with Gasteiger partial charge < -0.3 is 0 Å². The summed E-state index contributed by atoms with van der Waals surface area (Å²) in [6.45, 7) is 6.92. The van der Waals surface area contributed by atoms with Gasteiger partial charge in [0.25, 0.3) is 0 Å². The number of aryl methyl sites for hydroxylation is 1. The highest BCUT2D eigenvalue weighted by Crippen LogP contribution is 2.21. The first kappa shape index (κ1) is 17.9. The summed E-state index contributed by atoms with van der Waals surface area (Å²) in [5.41, 5.74) is 4.56. The Hall–Kier alpha value is -2.50. The van der Waals surface area contributed by atoms with Gasteiger partial charge in [-0.2, -0.15) is 5.10 Å². The predicted molar refractivity (Wildman–Crippen MR) is 113 cm³/mol. The molecule has 27 heavy (non-hydrogen) atoms. The Labute approximate surface area is 164 Å². The minimum Gasteiger partial charge on any atom is -0.280 e. The van der Waals surface area contributed by atoms with Gasteiger partial charge in [-0.15, -0.1) is 0 Å². The summed E-state index contributed by atoms with van der Waals surface area (Å²) in [5, 5.41) is 6.04. The lowest BCUT2D eigenvalue weighted by atomic mass is 10.1. The zero-order valence-corrected chi connectivity index (χ0v) is 16.6. The SMILES string of the molecule is CCCN(Cc1ccccc1)Cn1nc2cc(C)c3ccccc3n2c1=S. The maximum absolute atomic E-state index is 5.80. The molecule has 2 aromatic heterocycles. The van der Waals surface area contributed by atoms with Crippen molar-refractivity contribution in [3.05, 3.63) is 76.6 Å². The minimum absolute atomic E-state index is 0.691. The van der Waals surface area contributed by atoms with Gasteiger partial charge in [0.1, 0.15) is 0 Å². The molecule has 4 aromatic rings. The number of nitrogens with zero attached hydrogens (tertiary/aromatic N) is 4. The van der Waals surface area contributed by atoms with Crippen LogP contribution < -0.4 is 0 Å². The average Bonchev–Trinajstić information content (AvgIpc) is 2.98. The number of hydrogen-bond acceptors (Lipinski definition) is 3. The van der Waals surface area contributed by atoms with Crippen LogP contribution in [0, 0.1) is 11.7 Å². The third-order valence-corrected chi connectivity index (χ3v) is 5.30. The van der Waals surface area contributed by atoms with Gasteiger partial charge in [0.05, 0.1) is 12.2 Å². The highest BCUT2D eigenvalue weighted by atomic mass is 32.1. The van der Waals surface area contributed by atoms with Gasteiger partial charge in [0, 0.05) is 11.9 Å². The first-order valence-corrected chi connectivity index (χ1v) is 9.82. The largest absolute Gasteiger partial charge is 0.280 e. The molecule has 2 aromatic carbocycles. The van der Waals surface area contributed by atoms with E-state index in [2.05, 4.69) is 83.8 Å². The molecule has 4 rings (SSSR count). The highest BCUT2D eigenvalue weighted by Gasteiger charge is 2.12. The molecule has 138 valence electrons. The number of benzene rings is 2. The third-order valence-electron chi connectivity index (χ3n) is 4.90. The second kappa shape index (κ2) is 7.62. The molecule has 0 aliphatic heterocycles. The molecule has 4 nitrogen and oxygen atoms in total. The van der Waals surface area contributed by atoms with E-state index >= 15 is 0 Å². The number of fused-ring (bicyclic) bond motifs is 3. The fraction of sp³-hybridized carbons (Fsp3) is 0.273. The van der Waals surface area contributed by atoms with Gasteiger partial charge >= 0.3 is 0 Å². The van der Waals surface area contributed by atoms with Crippen LogP contribution in [0.25, 0.3) is 16.6 Å². The van der Waals surface area contributed by atoms with E-state index in [1.54, 1.807) is 0 Å². The number of pyridine rings is 1. The van der Waals surface area contributed by atoms with Crippen molar-refractivity contribution in [2.45, 2.75) is 33.5 Å². The molecular formula is C22H24N4S. The molecule has 0 saturated heterocycles. The molecule has 2 heterocycles. The molecule has 0 unspecified atom stereocenters. The van der Waals surface area contributed by atoms with Crippen molar-refractivity contribution in [1.82, 2.24) is 19.1 Å². The maximum atomic E-state index is 5.80. The van der Waals surface area contributed by atoms with Gasteiger partial charge in [0.15, 0.2) is 5.65 Å². The standard InChI is InChI=1S/C22H24N4S/c1-3-13-24(15-18-9-5-4-6-10-18)16-25-22(27)26-20-12-8-7-11-19(20)17(2)14-21(26)23-25/h4-12,14H,3,13,15-16H2,1-2H3. The summed E-state index contributed by atoms with van der Waals surface area (Å²) in [4.78, 5) is 2.40. The van der Waals surface area contributed by atoms with E-state index in [-0.39, 0.29) is 0 Å². The van der Waals surface area contributed by atoms with Crippen LogP contribution in [0.4, 0.5) is 0 Å². The van der Waals surface area contributed by atoms with Gasteiger partial charge in [-0.05, 0) is 55.4 Å². The van der Waals surface area contributed by atoms with E-state index in [0.717, 1.165) is 35.4 Å². The number of aromatic nitrogens is 3. The molecule has 0 atom stereocenters. The average molecular weight is 377 g/mol. The molecule has 0 fully saturated rings. The van der Waals surface area contributed by atoms with Crippen molar-refractivity contribution in [2.24, 2.45) is 0 Å². The Morgan fingerprint density at radius 1 is 1.04 bits per heavy atom. The Morgan fingerprint density at radius 2 is 1.78 bits per heavy atom. The van der Waals surface area contributed by atoms with Crippen LogP contribution in [-0.2, 0) is 13.2 Å². The van der Waals surface area contributed by atoms with Crippen molar-refractivity contribution < 1.29 is 0 Å². The summed E-state index contributed by atoms with van der Waals surface area (Å²) in [5.74, 6) is 0. The zero-order chi connectivity index (χ0) is 18.8. The summed E-state index contributed by atoms with van der Waals surface area (Å²) >= 11 is 5.80. The predicted octanol–water partition coefficient (Wildman–Crippen LogP) is 5.20. The molecule has 0 amide bonds. The molecule has 0 aliphatic carbocycles. The Morgan fingerprint density at radius 3 is 2.56 bits per heavy atom. The number of rotatable bonds is 6. The second-order valence-electron chi connectivity index (χ2n) is 7.00. The first-order valence-electron chi connectivity index (χ1n) is 9.41. The van der Waals surface area contributed by atoms with Crippen LogP contribution in [0.15, 0.2) is 60.7 Å². The molecule has 0 radical (unpaired) electrons. The highest BCUT2D eigenvalue weighted by molar-refractivity contribution is 7.71. The van der Waals surface area contributed by atoms with Crippen LogP contribution in [0.2, 0.25) is 0 Å². The number of hydrogen-bond donors (Lipinski definition) is 0. The summed E-state index contributed by atoms with van der Waals surface area (Å²) in [6.07, 6.45) is 1.09. The van der Waals surface area contributed by atoms with Gasteiger partial charge in [-0.1, -0.05) is 55.5 Å². The van der Waals surface area contributed by atoms with E-state index in [4.69, 9.17) is 17.3 Å². The summed E-state index contributed by atoms with van der Waals surface area (Å²) < 4.78 is 4.79. The van der Waals surface area contributed by atoms with Gasteiger partial charge in [-0.3, -0.25) is 9.30 Å². The molecular weight excluding hydrogens is 352 g/mol. The van der Waals surface area contributed by atoms with Crippen molar-refractivity contribution in [1.29, 1.82) is 0 Å². The molecule has 0 aliphatic rings. The van der Waals surface area contributed by atoms with E-state index < -0.39 is 0 Å². The lowest BCUT2D eigenvalue weighted by molar-refractivity contribution is 0.197. The Bertz CT molecular complexity index is 1130. The molecule has 0 spiro atoms. The molecule has 0 bridgehead atoms. The van der Waals surface area contributed by atoms with Crippen molar-refractivity contribution >= 4 is 28.8 Å². The maximum Gasteiger partial charge on any atom is 0.204 e. The van der Waals surface area contributed by atoms with Crippen molar-refractivity contribution in [3.63, 3.8) is 0 Å². The molecule has 0 saturated carbocycles. The Kier molecular flexibility index (Phi) is 5.05. The number of para-hydroxylation sites is 1. The summed E-state index contributed by atoms with van der Waals surface area (Å²) in [7, 11) is 0. The van der Waals surface area contributed by atoms with Crippen LogP contribution in [-0.4, -0.2) is 25.6 Å². The van der Waals surface area contributed by atoms with Crippen LogP contribution >= 0.6 is 12.2 Å². The lowest BCUT2D eigenvalue weighted by Crippen LogP contribution is -2.27. The monoisotopic (exact) mass is 376 g/mol. The fourth-order valence-electron chi connectivity index (χ4n) is 3.66. The molecule has 5 heteroatoms. The van der Waals surface area contributed by atoms with E-state index in [1.165, 1.54) is 16.5 Å². The normalized spacial score (nSPS) is 11.7. The van der Waals surface area contributed by atoms with Crippen LogP contribution in [0.5, 0.6) is 0 Å². The third kappa shape index (κ3) is 3.53. The fourth-order valence-corrected chi connectivity index (χ4v) is 3.95. The smallest absolute Gasteiger partial charge is 0.204 e. The van der Waals surface area contributed by atoms with Crippen LogP contribution in [0.3, 0.4) is 0 Å². The first-order chi connectivity index (χ1) is 13.2. The van der Waals surface area contributed by atoms with Crippen LogP contribution in [0.1, 0.15) is 24.5 Å². The lowest BCUT2D eigenvalue weighted by Gasteiger charge is -2.21. The van der Waals surface area contributed by atoms with Gasteiger partial charge in [0.2, 0.25) is 4.77 Å². The summed E-state index contributed by atoms with van der Waals surface area (Å²) in [6, 6.07) is 21.1. The molecule has 0 N–H and O–H groups in total. The zero-order valence-electron chi connectivity index (χ0n) is 15.8. The van der Waals surface area contributed by atoms with E-state index in [1.807, 2.05) is 4.68 Å². The van der Waals surface area contributed by atoms with Crippen molar-refractivity contribution in [3.8, 4) is 0 Å². The minimum atomic E-state index is 0.691. The van der Waals surface area contributed by atoms with Crippen molar-refractivity contribution in [2.75, 3.05) is 6.54 Å². The van der Waals surface area contributed by atoms with E-state index in [9.17, 15) is 0 Å². The van der Waals surface area contributed by atoms with Gasteiger partial charge in [-0.25, -0.2) is 4.68 Å². The topological polar surface area (TPSA) is 25.5 Å². The second-order valence-corrected chi connectivity index (χ2v) is 7.36. The quantitative estimate of drug-likeness (QED) is 0.433.